The molecule has 3 aliphatic carbocycles. The van der Waals surface area contributed by atoms with Crippen LogP contribution >= 0.6 is 0 Å². The Morgan fingerprint density at radius 1 is 0.586 bits per heavy atom. The Hall–Kier alpha value is -3.65. The van der Waals surface area contributed by atoms with E-state index in [-0.39, 0.29) is 17.6 Å². The molecule has 0 radical (unpaired) electrons. The predicted molar refractivity (Wildman–Crippen MR) is 114 cm³/mol. The Bertz CT molecular complexity index is 1250. The molecule has 2 heteroatoms. The van der Waals surface area contributed by atoms with Crippen molar-refractivity contribution in [2.75, 3.05) is 0 Å². The molecular formula is C27H18O2. The van der Waals surface area contributed by atoms with Crippen LogP contribution in [0.4, 0.5) is 0 Å². The van der Waals surface area contributed by atoms with Gasteiger partial charge >= 0.3 is 0 Å². The Labute approximate surface area is 169 Å². The van der Waals surface area contributed by atoms with E-state index in [0.29, 0.717) is 17.4 Å². The van der Waals surface area contributed by atoms with Crippen LogP contribution < -0.4 is 0 Å². The average molecular weight is 374 g/mol. The summed E-state index contributed by atoms with van der Waals surface area (Å²) in [7, 11) is 0. The highest BCUT2D eigenvalue weighted by molar-refractivity contribution is 5.88. The summed E-state index contributed by atoms with van der Waals surface area (Å²) in [5.74, 6) is 0.371. The molecule has 4 aromatic carbocycles. The number of phenolic OH excluding ortho intramolecular Hbond substituents is 1. The van der Waals surface area contributed by atoms with Gasteiger partial charge in [-0.05, 0) is 45.0 Å². The molecule has 0 fully saturated rings. The normalized spacial score (nSPS) is 17.9. The maximum absolute atomic E-state index is 11.4. The molecule has 7 rings (SSSR count). The molecule has 2 nitrogen and oxygen atoms in total. The highest BCUT2D eigenvalue weighted by Crippen LogP contribution is 2.58. The van der Waals surface area contributed by atoms with Gasteiger partial charge in [0.25, 0.3) is 0 Å². The molecule has 4 aromatic rings. The fourth-order valence-electron chi connectivity index (χ4n) is 5.32. The molecule has 0 amide bonds. The molecule has 1 N–H and O–H groups in total. The van der Waals surface area contributed by atoms with Crippen LogP contribution in [0.1, 0.15) is 55.6 Å². The zero-order valence-corrected chi connectivity index (χ0v) is 15.7. The third kappa shape index (κ3) is 2.09. The second kappa shape index (κ2) is 5.92. The maximum Gasteiger partial charge on any atom is 0.153 e. The lowest BCUT2D eigenvalue weighted by molar-refractivity contribution is 0.112. The van der Waals surface area contributed by atoms with E-state index in [1.54, 1.807) is 6.07 Å². The number of aldehydes is 1. The maximum atomic E-state index is 11.4. The van der Waals surface area contributed by atoms with Gasteiger partial charge in [-0.2, -0.15) is 0 Å². The minimum Gasteiger partial charge on any atom is -0.507 e. The molecule has 3 aliphatic rings. The van der Waals surface area contributed by atoms with Crippen LogP contribution in [0.5, 0.6) is 5.75 Å². The number of aromatic hydroxyl groups is 1. The van der Waals surface area contributed by atoms with Crippen LogP contribution in [0, 0.1) is 0 Å². The van der Waals surface area contributed by atoms with Crippen LogP contribution in [0.2, 0.25) is 0 Å². The summed E-state index contributed by atoms with van der Waals surface area (Å²) in [6.07, 6.45) is 0.713. The second-order valence-electron chi connectivity index (χ2n) is 7.79. The Kier molecular flexibility index (Phi) is 3.33. The number of carbonyl (C=O) groups is 1. The third-order valence-corrected chi connectivity index (χ3v) is 6.46. The van der Waals surface area contributed by atoms with E-state index >= 15 is 0 Å². The van der Waals surface area contributed by atoms with E-state index in [1.807, 2.05) is 12.1 Å². The number of benzene rings is 4. The first-order valence-corrected chi connectivity index (χ1v) is 9.87. The monoisotopic (exact) mass is 374 g/mol. The summed E-state index contributed by atoms with van der Waals surface area (Å²) >= 11 is 0. The Morgan fingerprint density at radius 3 is 1.72 bits per heavy atom. The van der Waals surface area contributed by atoms with Gasteiger partial charge in [0.05, 0.1) is 5.56 Å². The van der Waals surface area contributed by atoms with Gasteiger partial charge in [0.1, 0.15) is 5.75 Å². The first-order valence-electron chi connectivity index (χ1n) is 9.87. The summed E-state index contributed by atoms with van der Waals surface area (Å²) < 4.78 is 0. The highest BCUT2D eigenvalue weighted by Gasteiger charge is 2.42. The van der Waals surface area contributed by atoms with Gasteiger partial charge in [-0.3, -0.25) is 4.79 Å². The SMILES string of the molecule is O=Cc1cccc(-c2cccc3c2C2c4ccccc4C3c3ccccc32)c1O. The molecule has 0 atom stereocenters. The van der Waals surface area contributed by atoms with E-state index in [9.17, 15) is 9.90 Å². The fourth-order valence-corrected chi connectivity index (χ4v) is 5.32. The highest BCUT2D eigenvalue weighted by atomic mass is 16.3. The van der Waals surface area contributed by atoms with Gasteiger partial charge in [-0.1, -0.05) is 78.9 Å². The molecule has 0 unspecified atom stereocenters. The lowest BCUT2D eigenvalue weighted by Gasteiger charge is -2.43. The first kappa shape index (κ1) is 16.3. The first-order chi connectivity index (χ1) is 14.3. The van der Waals surface area contributed by atoms with Crippen molar-refractivity contribution >= 4 is 6.29 Å². The minimum atomic E-state index is 0.0546. The molecule has 0 saturated heterocycles. The van der Waals surface area contributed by atoms with Gasteiger partial charge < -0.3 is 5.11 Å². The van der Waals surface area contributed by atoms with Crippen molar-refractivity contribution in [1.29, 1.82) is 0 Å². The number of phenols is 1. The van der Waals surface area contributed by atoms with Crippen molar-refractivity contribution < 1.29 is 9.90 Å². The quantitative estimate of drug-likeness (QED) is 0.386. The van der Waals surface area contributed by atoms with Crippen LogP contribution in [-0.4, -0.2) is 11.4 Å². The molecule has 0 aliphatic heterocycles. The summed E-state index contributed by atoms with van der Waals surface area (Å²) in [5, 5.41) is 10.8. The zero-order chi connectivity index (χ0) is 19.5. The van der Waals surface area contributed by atoms with E-state index in [2.05, 4.69) is 66.7 Å². The standard InChI is InChI=1S/C27H18O2/c28-15-16-7-5-13-22(27(16)29)21-12-6-14-23-24-17-8-1-3-10-19(17)25(26(21)23)20-11-4-2-9-18(20)24/h1-15,24-25,29H. The van der Waals surface area contributed by atoms with Gasteiger partial charge in [-0.15, -0.1) is 0 Å². The van der Waals surface area contributed by atoms with E-state index in [0.717, 1.165) is 5.56 Å². The molecular weight excluding hydrogens is 356 g/mol. The van der Waals surface area contributed by atoms with Gasteiger partial charge in [0.2, 0.25) is 0 Å². The predicted octanol–water partition coefficient (Wildman–Crippen LogP) is 5.86. The van der Waals surface area contributed by atoms with Crippen LogP contribution in [0.15, 0.2) is 84.9 Å². The number of hydrogen-bond acceptors (Lipinski definition) is 2. The number of hydrogen-bond donors (Lipinski definition) is 1. The van der Waals surface area contributed by atoms with Crippen molar-refractivity contribution in [2.45, 2.75) is 11.8 Å². The van der Waals surface area contributed by atoms with Crippen molar-refractivity contribution in [3.63, 3.8) is 0 Å². The smallest absolute Gasteiger partial charge is 0.153 e. The molecule has 0 heterocycles. The van der Waals surface area contributed by atoms with Crippen molar-refractivity contribution in [3.8, 4) is 16.9 Å². The van der Waals surface area contributed by atoms with Gasteiger partial charge in [0.15, 0.2) is 6.29 Å². The fraction of sp³-hybridized carbons (Fsp3) is 0.0741. The third-order valence-electron chi connectivity index (χ3n) is 6.46. The van der Waals surface area contributed by atoms with Crippen molar-refractivity contribution in [3.05, 3.63) is 124 Å². The van der Waals surface area contributed by atoms with E-state index in [4.69, 9.17) is 0 Å². The lowest BCUT2D eigenvalue weighted by atomic mass is 9.60. The number of para-hydroxylation sites is 1. The number of carbonyl (C=O) groups excluding carboxylic acids is 1. The minimum absolute atomic E-state index is 0.0546. The molecule has 2 bridgehead atoms. The summed E-state index contributed by atoms with van der Waals surface area (Å²) in [6.45, 7) is 0. The van der Waals surface area contributed by atoms with E-state index in [1.165, 1.54) is 33.4 Å². The molecule has 0 saturated carbocycles. The van der Waals surface area contributed by atoms with Crippen LogP contribution in [-0.2, 0) is 0 Å². The average Bonchev–Trinajstić information content (AvgIpc) is 2.78. The second-order valence-corrected chi connectivity index (χ2v) is 7.79. The summed E-state index contributed by atoms with van der Waals surface area (Å²) in [4.78, 5) is 11.4. The largest absolute Gasteiger partial charge is 0.507 e. The van der Waals surface area contributed by atoms with Crippen LogP contribution in [0.3, 0.4) is 0 Å². The summed E-state index contributed by atoms with van der Waals surface area (Å²) in [6, 6.07) is 29.1. The zero-order valence-electron chi connectivity index (χ0n) is 15.7. The van der Waals surface area contributed by atoms with Crippen LogP contribution in [0.25, 0.3) is 11.1 Å². The summed E-state index contributed by atoms with van der Waals surface area (Å²) in [5.41, 5.74) is 9.98. The number of rotatable bonds is 2. The Balaban J connectivity index is 1.70. The molecule has 0 aromatic heterocycles. The molecule has 138 valence electrons. The molecule has 29 heavy (non-hydrogen) atoms. The van der Waals surface area contributed by atoms with Crippen molar-refractivity contribution in [1.82, 2.24) is 0 Å². The Morgan fingerprint density at radius 2 is 1.10 bits per heavy atom. The lowest BCUT2D eigenvalue weighted by Crippen LogP contribution is -2.28. The van der Waals surface area contributed by atoms with Gasteiger partial charge in [0, 0.05) is 17.4 Å². The topological polar surface area (TPSA) is 37.3 Å². The van der Waals surface area contributed by atoms with Crippen molar-refractivity contribution in [2.24, 2.45) is 0 Å². The molecule has 0 spiro atoms. The van der Waals surface area contributed by atoms with E-state index < -0.39 is 0 Å². The van der Waals surface area contributed by atoms with Gasteiger partial charge in [-0.25, -0.2) is 0 Å².